The van der Waals surface area contributed by atoms with Crippen molar-refractivity contribution in [3.05, 3.63) is 29.6 Å². The van der Waals surface area contributed by atoms with Gasteiger partial charge in [0.2, 0.25) is 0 Å². The molecule has 2 nitrogen and oxygen atoms in total. The molecule has 13 heavy (non-hydrogen) atoms. The lowest BCUT2D eigenvalue weighted by atomic mass is 10.00. The first-order valence-corrected chi connectivity index (χ1v) is 4.86. The number of nitrogens with two attached hydrogens (primary N) is 1. The minimum Gasteiger partial charge on any atom is -0.324 e. The first-order chi connectivity index (χ1) is 6.20. The summed E-state index contributed by atoms with van der Waals surface area (Å²) >= 11 is 0. The Bertz CT molecular complexity index is 309. The molecule has 0 aromatic carbocycles. The van der Waals surface area contributed by atoms with Gasteiger partial charge in [-0.2, -0.15) is 0 Å². The molecule has 0 radical (unpaired) electrons. The maximum atomic E-state index is 6.15. The molecule has 1 fully saturated rings. The summed E-state index contributed by atoms with van der Waals surface area (Å²) in [5.74, 6) is 1.48. The molecule has 0 aliphatic heterocycles. The van der Waals surface area contributed by atoms with E-state index < -0.39 is 0 Å². The van der Waals surface area contributed by atoms with Crippen LogP contribution in [-0.4, -0.2) is 4.98 Å². The zero-order valence-corrected chi connectivity index (χ0v) is 8.20. The quantitative estimate of drug-likeness (QED) is 0.749. The summed E-state index contributed by atoms with van der Waals surface area (Å²) in [4.78, 5) is 4.12. The van der Waals surface area contributed by atoms with E-state index in [0.29, 0.717) is 5.92 Å². The number of hydrogen-bond acceptors (Lipinski definition) is 2. The van der Waals surface area contributed by atoms with Crippen molar-refractivity contribution in [2.45, 2.75) is 26.3 Å². The van der Waals surface area contributed by atoms with E-state index in [0.717, 1.165) is 5.92 Å². The lowest BCUT2D eigenvalue weighted by Crippen LogP contribution is -2.14. The largest absolute Gasteiger partial charge is 0.324 e. The van der Waals surface area contributed by atoms with Crippen molar-refractivity contribution < 1.29 is 0 Å². The summed E-state index contributed by atoms with van der Waals surface area (Å²) < 4.78 is 0. The molecular weight excluding hydrogens is 160 g/mol. The van der Waals surface area contributed by atoms with E-state index >= 15 is 0 Å². The molecule has 0 saturated heterocycles. The third kappa shape index (κ3) is 1.59. The second-order valence-corrected chi connectivity index (χ2v) is 4.13. The molecule has 1 aliphatic carbocycles. The van der Waals surface area contributed by atoms with Gasteiger partial charge in [-0.1, -0.05) is 6.92 Å². The van der Waals surface area contributed by atoms with Crippen LogP contribution in [0.1, 0.15) is 30.5 Å². The van der Waals surface area contributed by atoms with Gasteiger partial charge in [-0.25, -0.2) is 0 Å². The average Bonchev–Trinajstić information content (AvgIpc) is 2.82. The number of aryl methyl sites for hydroxylation is 1. The van der Waals surface area contributed by atoms with Crippen LogP contribution in [0.2, 0.25) is 0 Å². The third-order valence-corrected chi connectivity index (χ3v) is 3.07. The molecule has 1 aromatic heterocycles. The van der Waals surface area contributed by atoms with Gasteiger partial charge in [-0.3, -0.25) is 4.98 Å². The number of rotatable bonds is 2. The first-order valence-electron chi connectivity index (χ1n) is 4.86. The highest BCUT2D eigenvalue weighted by atomic mass is 14.7. The highest BCUT2D eigenvalue weighted by molar-refractivity contribution is 5.26. The Balaban J connectivity index is 2.20. The Morgan fingerprint density at radius 3 is 2.85 bits per heavy atom. The normalized spacial score (nSPS) is 28.5. The van der Waals surface area contributed by atoms with Gasteiger partial charge in [0.25, 0.3) is 0 Å². The molecule has 3 unspecified atom stereocenters. The molecule has 2 heteroatoms. The molecule has 1 aromatic rings. The predicted octanol–water partition coefficient (Wildman–Crippen LogP) is 2.05. The van der Waals surface area contributed by atoms with Crippen LogP contribution in [-0.2, 0) is 0 Å². The summed E-state index contributed by atoms with van der Waals surface area (Å²) in [5, 5.41) is 0. The number of pyridine rings is 1. The van der Waals surface area contributed by atoms with Crippen molar-refractivity contribution in [3.8, 4) is 0 Å². The van der Waals surface area contributed by atoms with E-state index in [-0.39, 0.29) is 6.04 Å². The van der Waals surface area contributed by atoms with Crippen LogP contribution in [0.4, 0.5) is 0 Å². The standard InChI is InChI=1S/C11H16N2/c1-7-3-4-13-6-10(7)11(12)9-5-8(9)2/h3-4,6,8-9,11H,5,12H2,1-2H3. The fourth-order valence-electron chi connectivity index (χ4n) is 1.91. The van der Waals surface area contributed by atoms with Gasteiger partial charge in [0, 0.05) is 18.4 Å². The second-order valence-electron chi connectivity index (χ2n) is 4.13. The highest BCUT2D eigenvalue weighted by Crippen LogP contribution is 2.45. The van der Waals surface area contributed by atoms with Crippen LogP contribution in [0, 0.1) is 18.8 Å². The van der Waals surface area contributed by atoms with Crippen LogP contribution in [0.3, 0.4) is 0 Å². The Morgan fingerprint density at radius 2 is 2.31 bits per heavy atom. The molecule has 0 spiro atoms. The van der Waals surface area contributed by atoms with Gasteiger partial charge in [0.1, 0.15) is 0 Å². The lowest BCUT2D eigenvalue weighted by Gasteiger charge is -2.13. The van der Waals surface area contributed by atoms with E-state index in [1.807, 2.05) is 18.5 Å². The van der Waals surface area contributed by atoms with Gasteiger partial charge in [0.15, 0.2) is 0 Å². The van der Waals surface area contributed by atoms with Crippen LogP contribution < -0.4 is 5.73 Å². The molecule has 0 amide bonds. The molecule has 3 atom stereocenters. The van der Waals surface area contributed by atoms with E-state index in [1.165, 1.54) is 17.5 Å². The molecule has 0 bridgehead atoms. The molecule has 1 aliphatic rings. The van der Waals surface area contributed by atoms with Crippen LogP contribution in [0.15, 0.2) is 18.5 Å². The summed E-state index contributed by atoms with van der Waals surface area (Å²) in [7, 11) is 0. The van der Waals surface area contributed by atoms with Crippen molar-refractivity contribution in [2.75, 3.05) is 0 Å². The maximum absolute atomic E-state index is 6.15. The van der Waals surface area contributed by atoms with Crippen LogP contribution in [0.5, 0.6) is 0 Å². The van der Waals surface area contributed by atoms with Gasteiger partial charge in [-0.15, -0.1) is 0 Å². The zero-order chi connectivity index (χ0) is 9.42. The third-order valence-electron chi connectivity index (χ3n) is 3.07. The Labute approximate surface area is 79.2 Å². The lowest BCUT2D eigenvalue weighted by molar-refractivity contribution is 0.588. The van der Waals surface area contributed by atoms with Gasteiger partial charge in [0.05, 0.1) is 0 Å². The van der Waals surface area contributed by atoms with Gasteiger partial charge < -0.3 is 5.73 Å². The van der Waals surface area contributed by atoms with Crippen molar-refractivity contribution in [3.63, 3.8) is 0 Å². The molecule has 2 N–H and O–H groups in total. The van der Waals surface area contributed by atoms with Gasteiger partial charge >= 0.3 is 0 Å². The number of nitrogens with zero attached hydrogens (tertiary/aromatic N) is 1. The maximum Gasteiger partial charge on any atom is 0.0344 e. The van der Waals surface area contributed by atoms with E-state index in [4.69, 9.17) is 5.73 Å². The van der Waals surface area contributed by atoms with Crippen molar-refractivity contribution in [2.24, 2.45) is 17.6 Å². The predicted molar refractivity (Wildman–Crippen MR) is 53.2 cm³/mol. The highest BCUT2D eigenvalue weighted by Gasteiger charge is 2.38. The van der Waals surface area contributed by atoms with E-state index in [2.05, 4.69) is 18.8 Å². The Hall–Kier alpha value is -0.890. The summed E-state index contributed by atoms with van der Waals surface area (Å²) in [6.45, 7) is 4.36. The zero-order valence-electron chi connectivity index (χ0n) is 8.20. The van der Waals surface area contributed by atoms with Crippen molar-refractivity contribution in [1.29, 1.82) is 0 Å². The van der Waals surface area contributed by atoms with Crippen LogP contribution in [0.25, 0.3) is 0 Å². The Morgan fingerprint density at radius 1 is 1.62 bits per heavy atom. The van der Waals surface area contributed by atoms with E-state index in [1.54, 1.807) is 0 Å². The van der Waals surface area contributed by atoms with Crippen molar-refractivity contribution >= 4 is 0 Å². The summed E-state index contributed by atoms with van der Waals surface area (Å²) in [6, 6.07) is 2.23. The molecule has 1 saturated carbocycles. The fraction of sp³-hybridized carbons (Fsp3) is 0.545. The summed E-state index contributed by atoms with van der Waals surface area (Å²) in [5.41, 5.74) is 8.64. The molecule has 1 heterocycles. The molecular formula is C11H16N2. The van der Waals surface area contributed by atoms with Crippen molar-refractivity contribution in [1.82, 2.24) is 4.98 Å². The monoisotopic (exact) mass is 176 g/mol. The smallest absolute Gasteiger partial charge is 0.0344 e. The summed E-state index contributed by atoms with van der Waals surface area (Å²) in [6.07, 6.45) is 5.00. The van der Waals surface area contributed by atoms with E-state index in [9.17, 15) is 0 Å². The van der Waals surface area contributed by atoms with Gasteiger partial charge in [-0.05, 0) is 42.4 Å². The molecule has 70 valence electrons. The van der Waals surface area contributed by atoms with Crippen LogP contribution >= 0.6 is 0 Å². The topological polar surface area (TPSA) is 38.9 Å². The number of aromatic nitrogens is 1. The Kier molecular flexibility index (Phi) is 2.08. The SMILES string of the molecule is Cc1ccncc1C(N)C1CC1C. The second kappa shape index (κ2) is 3.11. The fourth-order valence-corrected chi connectivity index (χ4v) is 1.91. The molecule has 2 rings (SSSR count). The minimum absolute atomic E-state index is 0.198. The average molecular weight is 176 g/mol. The first kappa shape index (κ1) is 8.70. The number of hydrogen-bond donors (Lipinski definition) is 1. The minimum atomic E-state index is 0.198.